The molecule has 0 atom stereocenters. The first kappa shape index (κ1) is 80.4. The van der Waals surface area contributed by atoms with Crippen molar-refractivity contribution < 1.29 is 14.2 Å². The van der Waals surface area contributed by atoms with Gasteiger partial charge in [0, 0.05) is 66.8 Å². The summed E-state index contributed by atoms with van der Waals surface area (Å²) < 4.78 is 21.3. The highest BCUT2D eigenvalue weighted by Crippen LogP contribution is 2.59. The van der Waals surface area contributed by atoms with Gasteiger partial charge in [0.15, 0.2) is 0 Å². The van der Waals surface area contributed by atoms with E-state index in [4.69, 9.17) is 14.2 Å². The predicted octanol–water partition coefficient (Wildman–Crippen LogP) is 38.6. The van der Waals surface area contributed by atoms with Crippen LogP contribution in [-0.4, -0.2) is 0 Å². The largest absolute Gasteiger partial charge is 0.455 e. The molecule has 3 heterocycles. The molecule has 0 N–H and O–H groups in total. The highest BCUT2D eigenvalue weighted by molar-refractivity contribution is 6.28. The molecule has 3 heteroatoms. The van der Waals surface area contributed by atoms with Crippen LogP contribution >= 0.6 is 0 Å². The van der Waals surface area contributed by atoms with E-state index in [2.05, 4.69) is 510 Å². The highest BCUT2D eigenvalue weighted by Gasteiger charge is 2.32. The van der Waals surface area contributed by atoms with Crippen LogP contribution in [0.25, 0.3) is 252 Å². The van der Waals surface area contributed by atoms with Crippen LogP contribution in [0.3, 0.4) is 0 Å². The molecule has 0 unspecified atom stereocenters. The number of ether oxygens (including phenoxy) is 3. The number of rotatable bonds is 7. The molecule has 0 fully saturated rings. The van der Waals surface area contributed by atoms with Crippen LogP contribution in [0.1, 0.15) is 0 Å². The molecular weight excluding hydrogens is 1680 g/mol. The summed E-state index contributed by atoms with van der Waals surface area (Å²) in [6, 6.07) is 184. The van der Waals surface area contributed by atoms with Gasteiger partial charge in [0.05, 0.1) is 0 Å². The number of hydrogen-bond acceptors (Lipinski definition) is 3. The molecular formula is C136H84O3. The lowest BCUT2D eigenvalue weighted by Gasteiger charge is -2.25. The van der Waals surface area contributed by atoms with Gasteiger partial charge in [0.1, 0.15) is 34.5 Å². The standard InChI is InChI=1S/C48H30O.C46H28O.C42H26O/c1-2-14-31(15-3-1)33-18-10-19-34(30-33)46-37-21-4-6-23-39(37)47(40-24-7-5-22-38(40)46)43-28-13-27-42-41-26-12-17-32-16-11-25-36(45(32)41)35-20-8-9-29-44(35)49-48(42)43;1-2-17-31-29(13-1)14-9-23-33(31)44-35-19-3-5-21-37(35)45(38-22-6-4-20-36(38)44)41-27-12-26-40-39-25-11-16-30-15-10-24-34(43(30)39)32-18-7-8-28-42(32)47-46(40)41;1-2-13-27(14-3-1)40-31-18-4-6-20-33(31)41(34-21-7-5-19-32(34)40)37-25-12-24-36-35-23-11-16-28-15-10-22-30(39(28)35)29-17-8-9-26-38(29)43-42(36)37/h1-30H;1-28H;1-26H. The van der Waals surface area contributed by atoms with E-state index in [0.717, 1.165) is 84.6 Å². The Kier molecular flexibility index (Phi) is 19.3. The first-order valence-corrected chi connectivity index (χ1v) is 47.8. The summed E-state index contributed by atoms with van der Waals surface area (Å²) in [5.41, 5.74) is 30.5. The first-order valence-electron chi connectivity index (χ1n) is 47.8. The summed E-state index contributed by atoms with van der Waals surface area (Å²) in [7, 11) is 0. The maximum Gasteiger partial charge on any atom is 0.143 e. The van der Waals surface area contributed by atoms with Crippen LogP contribution < -0.4 is 14.2 Å². The van der Waals surface area contributed by atoms with E-state index in [1.54, 1.807) is 0 Å². The molecule has 3 aliphatic heterocycles. The molecule has 26 aromatic rings. The SMILES string of the molecule is c1ccc(-c2c3ccccc3c(-c3cccc4c3Oc3ccccc3-c3cccc5cccc-4c35)c3ccccc23)cc1.c1ccc(-c2cccc(-c3c4ccccc4c(-c4cccc5c4Oc4ccccc4-c4cccc6cccc-5c46)c4ccccc34)c2)cc1.c1ccc2c(c1)Oc1c(-c3c4ccccc4c(-c4cccc5ccccc45)c4ccccc34)cccc1-c1cccc3cccc-2c13. The number of hydrogen-bond donors (Lipinski definition) is 0. The van der Waals surface area contributed by atoms with Gasteiger partial charge in [-0.1, -0.05) is 485 Å². The molecule has 26 aromatic carbocycles. The monoisotopic (exact) mass is 1760 g/mol. The zero-order valence-electron chi connectivity index (χ0n) is 75.7. The summed E-state index contributed by atoms with van der Waals surface area (Å²) in [4.78, 5) is 0. The van der Waals surface area contributed by atoms with Crippen molar-refractivity contribution in [1.82, 2.24) is 0 Å². The van der Waals surface area contributed by atoms with Crippen molar-refractivity contribution in [3.05, 3.63) is 510 Å². The molecule has 29 rings (SSSR count). The Hall–Kier alpha value is -18.3. The van der Waals surface area contributed by atoms with E-state index in [1.807, 2.05) is 0 Å². The van der Waals surface area contributed by atoms with Crippen molar-refractivity contribution in [2.75, 3.05) is 0 Å². The quantitative estimate of drug-likeness (QED) is 0.149. The second-order valence-corrected chi connectivity index (χ2v) is 36.3. The Morgan fingerprint density at radius 3 is 0.655 bits per heavy atom. The average molecular weight is 1770 g/mol. The van der Waals surface area contributed by atoms with Crippen molar-refractivity contribution in [1.29, 1.82) is 0 Å². The third-order valence-electron chi connectivity index (χ3n) is 28.8. The van der Waals surface area contributed by atoms with Gasteiger partial charge < -0.3 is 14.2 Å². The van der Waals surface area contributed by atoms with E-state index >= 15 is 0 Å². The molecule has 0 amide bonds. The van der Waals surface area contributed by atoms with E-state index in [1.165, 1.54) is 202 Å². The topological polar surface area (TPSA) is 27.7 Å². The Morgan fingerprint density at radius 2 is 0.309 bits per heavy atom. The van der Waals surface area contributed by atoms with Gasteiger partial charge in [-0.3, -0.25) is 0 Å². The minimum atomic E-state index is 0.862. The fourth-order valence-electron chi connectivity index (χ4n) is 22.9. The lowest BCUT2D eigenvalue weighted by atomic mass is 9.83. The van der Waals surface area contributed by atoms with Crippen molar-refractivity contribution in [3.63, 3.8) is 0 Å². The molecule has 646 valence electrons. The second-order valence-electron chi connectivity index (χ2n) is 36.3. The van der Waals surface area contributed by atoms with Crippen molar-refractivity contribution in [3.8, 4) is 179 Å². The smallest absolute Gasteiger partial charge is 0.143 e. The molecule has 0 bridgehead atoms. The zero-order chi connectivity index (χ0) is 91.5. The number of benzene rings is 26. The molecule has 0 radical (unpaired) electrons. The minimum absolute atomic E-state index is 0.862. The Balaban J connectivity index is 0.000000105. The number of para-hydroxylation sites is 6. The zero-order valence-corrected chi connectivity index (χ0v) is 75.7. The van der Waals surface area contributed by atoms with Crippen LogP contribution in [0.5, 0.6) is 34.5 Å². The Morgan fingerprint density at radius 1 is 0.108 bits per heavy atom. The van der Waals surface area contributed by atoms with Crippen LogP contribution in [0.15, 0.2) is 510 Å². The molecule has 3 aliphatic rings. The second kappa shape index (κ2) is 33.4. The maximum absolute atomic E-state index is 7.13. The highest BCUT2D eigenvalue weighted by atomic mass is 16.5. The molecule has 0 aliphatic carbocycles. The fraction of sp³-hybridized carbons (Fsp3) is 0. The first-order chi connectivity index (χ1) is 69.0. The molecule has 139 heavy (non-hydrogen) atoms. The van der Waals surface area contributed by atoms with Gasteiger partial charge in [-0.15, -0.1) is 0 Å². The summed E-state index contributed by atoms with van der Waals surface area (Å²) in [6.07, 6.45) is 0. The molecule has 0 saturated carbocycles. The normalized spacial score (nSPS) is 11.9. The minimum Gasteiger partial charge on any atom is -0.455 e. The van der Waals surface area contributed by atoms with Crippen LogP contribution in [0.4, 0.5) is 0 Å². The molecule has 3 nitrogen and oxygen atoms in total. The summed E-state index contributed by atoms with van der Waals surface area (Å²) in [5, 5.41) is 24.6. The van der Waals surface area contributed by atoms with Gasteiger partial charge in [-0.05, 0) is 210 Å². The molecule has 0 aromatic heterocycles. The summed E-state index contributed by atoms with van der Waals surface area (Å²) in [5.74, 6) is 5.25. The molecule has 0 saturated heterocycles. The third-order valence-corrected chi connectivity index (χ3v) is 28.8. The van der Waals surface area contributed by atoms with Gasteiger partial charge in [0.2, 0.25) is 0 Å². The predicted molar refractivity (Wildman–Crippen MR) is 585 cm³/mol. The summed E-state index contributed by atoms with van der Waals surface area (Å²) >= 11 is 0. The molecule has 0 spiro atoms. The van der Waals surface area contributed by atoms with Crippen molar-refractivity contribution in [2.45, 2.75) is 0 Å². The fourth-order valence-corrected chi connectivity index (χ4v) is 22.9. The maximum atomic E-state index is 7.13. The summed E-state index contributed by atoms with van der Waals surface area (Å²) in [6.45, 7) is 0. The van der Waals surface area contributed by atoms with E-state index in [9.17, 15) is 0 Å². The third kappa shape index (κ3) is 13.3. The Labute approximate surface area is 804 Å². The lowest BCUT2D eigenvalue weighted by molar-refractivity contribution is 0.488. The van der Waals surface area contributed by atoms with E-state index in [0.29, 0.717) is 0 Å². The van der Waals surface area contributed by atoms with Gasteiger partial charge in [-0.2, -0.15) is 0 Å². The Bertz CT molecular complexity index is 9370. The van der Waals surface area contributed by atoms with Crippen LogP contribution in [-0.2, 0) is 0 Å². The van der Waals surface area contributed by atoms with Crippen molar-refractivity contribution >= 4 is 108 Å². The number of fused-ring (bicyclic) bond motifs is 19. The van der Waals surface area contributed by atoms with E-state index < -0.39 is 0 Å². The van der Waals surface area contributed by atoms with E-state index in [-0.39, 0.29) is 0 Å². The van der Waals surface area contributed by atoms with Crippen LogP contribution in [0, 0.1) is 0 Å². The van der Waals surface area contributed by atoms with Crippen molar-refractivity contribution in [2.24, 2.45) is 0 Å². The lowest BCUT2D eigenvalue weighted by Crippen LogP contribution is -1.99. The average Bonchev–Trinajstić information content (AvgIpc) is 0.694. The van der Waals surface area contributed by atoms with Gasteiger partial charge >= 0.3 is 0 Å². The van der Waals surface area contributed by atoms with Crippen LogP contribution in [0.2, 0.25) is 0 Å². The van der Waals surface area contributed by atoms with Gasteiger partial charge in [-0.25, -0.2) is 0 Å². The van der Waals surface area contributed by atoms with Gasteiger partial charge in [0.25, 0.3) is 0 Å².